The Kier molecular flexibility index (Phi) is 7.11. The zero-order valence-corrected chi connectivity index (χ0v) is 19.9. The van der Waals surface area contributed by atoms with E-state index in [0.717, 1.165) is 10.8 Å². The van der Waals surface area contributed by atoms with Crippen molar-refractivity contribution >= 4 is 35.7 Å². The van der Waals surface area contributed by atoms with E-state index in [-0.39, 0.29) is 6.42 Å². The van der Waals surface area contributed by atoms with Crippen LogP contribution in [0.2, 0.25) is 0 Å². The van der Waals surface area contributed by atoms with E-state index in [1.165, 1.54) is 6.33 Å². The fourth-order valence-electron chi connectivity index (χ4n) is 4.29. The van der Waals surface area contributed by atoms with Crippen LogP contribution in [0.3, 0.4) is 0 Å². The fraction of sp³-hybridized carbons (Fsp3) is 0.269. The minimum atomic E-state index is -3.72. The Hall–Kier alpha value is -4.13. The van der Waals surface area contributed by atoms with Crippen LogP contribution in [0.15, 0.2) is 55.1 Å². The van der Waals surface area contributed by atoms with Gasteiger partial charge in [0.1, 0.15) is 0 Å². The first-order valence-electron chi connectivity index (χ1n) is 11.4. The van der Waals surface area contributed by atoms with Gasteiger partial charge in [-0.3, -0.25) is 0 Å². The first kappa shape index (κ1) is 25.0. The van der Waals surface area contributed by atoms with Crippen LogP contribution in [-0.2, 0) is 16.0 Å². The molecule has 0 aliphatic heterocycles. The molecule has 0 aliphatic carbocycles. The average Bonchev–Trinajstić information content (AvgIpc) is 3.52. The summed E-state index contributed by atoms with van der Waals surface area (Å²) >= 11 is 0. The third kappa shape index (κ3) is 4.96. The third-order valence-corrected chi connectivity index (χ3v) is 5.96. The predicted molar refractivity (Wildman–Crippen MR) is 134 cm³/mol. The van der Waals surface area contributed by atoms with Gasteiger partial charge in [0, 0.05) is 0 Å². The van der Waals surface area contributed by atoms with Crippen molar-refractivity contribution in [3.05, 3.63) is 72.2 Å². The first-order valence-corrected chi connectivity index (χ1v) is 11.4. The van der Waals surface area contributed by atoms with Gasteiger partial charge < -0.3 is 0 Å². The topological polar surface area (TPSA) is 96.6 Å². The van der Waals surface area contributed by atoms with Crippen LogP contribution in [0.4, 0.5) is 8.78 Å². The molecule has 2 aromatic carbocycles. The molecule has 36 heavy (non-hydrogen) atoms. The molecule has 0 saturated heterocycles. The third-order valence-electron chi connectivity index (χ3n) is 5.96. The summed E-state index contributed by atoms with van der Waals surface area (Å²) in [6, 6.07) is 13.0. The van der Waals surface area contributed by atoms with E-state index in [0.29, 0.717) is 28.4 Å². The number of esters is 1. The number of nitrogens with zero attached hydrogens (tertiary/aromatic N) is 4. The molecule has 2 atom stereocenters. The number of fused-ring (bicyclic) bond motifs is 1. The number of hydrogen-bond acceptors (Lipinski definition) is 5. The van der Waals surface area contributed by atoms with Gasteiger partial charge in [0.05, 0.1) is 6.33 Å². The monoisotopic (exact) mass is 487 g/mol. The summed E-state index contributed by atoms with van der Waals surface area (Å²) in [6.45, 7) is 8.55. The van der Waals surface area contributed by atoms with Gasteiger partial charge in [0.25, 0.3) is 0 Å². The summed E-state index contributed by atoms with van der Waals surface area (Å²) in [5.41, 5.74) is 2.46. The van der Waals surface area contributed by atoms with Gasteiger partial charge in [-0.25, -0.2) is 4.98 Å². The van der Waals surface area contributed by atoms with Crippen LogP contribution in [0.5, 0.6) is 0 Å². The van der Waals surface area contributed by atoms with Crippen molar-refractivity contribution in [1.82, 2.24) is 19.5 Å². The zero-order chi connectivity index (χ0) is 25.9. The molecular weight excluding hydrogens is 463 g/mol. The number of halogens is 2. The second-order valence-corrected chi connectivity index (χ2v) is 8.68. The van der Waals surface area contributed by atoms with Gasteiger partial charge in [0.15, 0.2) is 0 Å². The number of carbonyl (C=O) groups is 1. The second kappa shape index (κ2) is 10.2. The number of hydrogen-bond donors (Lipinski definition) is 1. The normalized spacial score (nSPS) is 13.1. The summed E-state index contributed by atoms with van der Waals surface area (Å²) in [5, 5.41) is 11.0. The van der Waals surface area contributed by atoms with E-state index in [1.807, 2.05) is 24.3 Å². The molecular formula is C26H24BF2N5O2. The number of nitriles is 1. The summed E-state index contributed by atoms with van der Waals surface area (Å²) in [5.74, 6) is -5.76. The number of aromatic amines is 1. The molecule has 4 aromatic rings. The molecule has 4 rings (SSSR count). The van der Waals surface area contributed by atoms with Crippen molar-refractivity contribution in [1.29, 1.82) is 5.26 Å². The van der Waals surface area contributed by atoms with Crippen LogP contribution in [0.25, 0.3) is 16.5 Å². The molecule has 1 N–H and O–H groups in total. The molecule has 0 amide bonds. The predicted octanol–water partition coefficient (Wildman–Crippen LogP) is 3.69. The maximum absolute atomic E-state index is 15.0. The maximum atomic E-state index is 15.0. The van der Waals surface area contributed by atoms with Gasteiger partial charge in [-0.2, -0.15) is 0 Å². The van der Waals surface area contributed by atoms with Gasteiger partial charge in [-0.05, 0) is 0 Å². The Morgan fingerprint density at radius 1 is 1.25 bits per heavy atom. The minimum absolute atomic E-state index is 0.246. The van der Waals surface area contributed by atoms with Crippen LogP contribution in [0, 0.1) is 11.3 Å². The Balaban J connectivity index is 1.61. The van der Waals surface area contributed by atoms with Crippen LogP contribution in [0.1, 0.15) is 43.3 Å². The Morgan fingerprint density at radius 3 is 2.67 bits per heavy atom. The van der Waals surface area contributed by atoms with E-state index >= 15 is 0 Å². The van der Waals surface area contributed by atoms with Crippen LogP contribution >= 0.6 is 0 Å². The number of benzene rings is 2. The summed E-state index contributed by atoms with van der Waals surface area (Å²) in [7, 11) is 0. The van der Waals surface area contributed by atoms with Gasteiger partial charge in [-0.1, -0.05) is 0 Å². The molecule has 2 heterocycles. The number of rotatable bonds is 9. The van der Waals surface area contributed by atoms with E-state index in [9.17, 15) is 18.8 Å². The molecule has 10 heteroatoms. The van der Waals surface area contributed by atoms with Crippen molar-refractivity contribution < 1.29 is 18.3 Å². The number of imidazole rings is 2. The standard InChI is InChI=1S/C26H24BF2N5O2/c1-16(11-26(28,29)25(35)36-17(2)10-19-13-31-15-33-19)24-32-14-23(27-3)34(24)22-9-8-18(12-30)20-6-4-5-7-21(20)22/h4-9,13-17H,3,10-11H2,1-2H3,(H,31,33). The SMILES string of the molecule is C=Bc1cnc(C(C)CC(F)(F)C(=O)OC(C)Cc2cnc[nH]2)n1-c1ccc(C#N)c2ccccc12. The molecule has 7 nitrogen and oxygen atoms in total. The van der Waals surface area contributed by atoms with Crippen molar-refractivity contribution in [2.24, 2.45) is 0 Å². The number of ether oxygens (including phenoxy) is 1. The van der Waals surface area contributed by atoms with Gasteiger partial charge in [-0.15, -0.1) is 0 Å². The molecule has 2 aromatic heterocycles. The van der Waals surface area contributed by atoms with Crippen LogP contribution < -0.4 is 5.59 Å². The van der Waals surface area contributed by atoms with Gasteiger partial charge in [0.2, 0.25) is 0 Å². The molecule has 0 bridgehead atoms. The second-order valence-electron chi connectivity index (χ2n) is 8.68. The van der Waals surface area contributed by atoms with Crippen LogP contribution in [-0.4, -0.2) is 50.9 Å². The summed E-state index contributed by atoms with van der Waals surface area (Å²) in [4.78, 5) is 23.5. The zero-order valence-electron chi connectivity index (χ0n) is 19.9. The molecule has 0 radical (unpaired) electrons. The molecule has 2 unspecified atom stereocenters. The number of aromatic nitrogens is 4. The van der Waals surface area contributed by atoms with Gasteiger partial charge >= 0.3 is 196 Å². The molecule has 182 valence electrons. The van der Waals surface area contributed by atoms with Crippen molar-refractivity contribution in [3.63, 3.8) is 0 Å². The summed E-state index contributed by atoms with van der Waals surface area (Å²) in [6.07, 6.45) is 3.28. The molecule has 0 fully saturated rings. The Bertz CT molecular complexity index is 1440. The Labute approximate surface area is 207 Å². The fourth-order valence-corrected chi connectivity index (χ4v) is 4.29. The number of alkyl halides is 2. The molecule has 0 spiro atoms. The van der Waals surface area contributed by atoms with E-state index < -0.39 is 30.3 Å². The number of H-pyrrole nitrogens is 1. The van der Waals surface area contributed by atoms with Crippen molar-refractivity contribution in [2.75, 3.05) is 0 Å². The first-order chi connectivity index (χ1) is 17.2. The number of nitrogens with one attached hydrogen (secondary N) is 1. The van der Waals surface area contributed by atoms with E-state index in [2.05, 4.69) is 27.5 Å². The summed E-state index contributed by atoms with van der Waals surface area (Å²) < 4.78 is 36.7. The molecule has 0 saturated carbocycles. The van der Waals surface area contributed by atoms with E-state index in [4.69, 9.17) is 4.74 Å². The van der Waals surface area contributed by atoms with Crippen molar-refractivity contribution in [2.45, 2.75) is 44.6 Å². The Morgan fingerprint density at radius 2 is 2.00 bits per heavy atom. The quantitative estimate of drug-likeness (QED) is 0.287. The van der Waals surface area contributed by atoms with Crippen molar-refractivity contribution in [3.8, 4) is 11.8 Å². The molecule has 0 aliphatic rings. The van der Waals surface area contributed by atoms with E-state index in [1.54, 1.807) is 49.9 Å². The number of carbonyl (C=O) groups excluding carboxylic acids is 1. The average molecular weight is 487 g/mol.